The second-order valence-corrected chi connectivity index (χ2v) is 6.07. The van der Waals surface area contributed by atoms with Crippen molar-refractivity contribution in [2.24, 2.45) is 17.7 Å². The summed E-state index contributed by atoms with van der Waals surface area (Å²) in [7, 11) is 0. The highest BCUT2D eigenvalue weighted by Crippen LogP contribution is 2.30. The zero-order valence-corrected chi connectivity index (χ0v) is 12.7. The normalized spacial score (nSPS) is 17.1. The summed E-state index contributed by atoms with van der Waals surface area (Å²) in [4.78, 5) is 13.0. The van der Waals surface area contributed by atoms with Crippen molar-refractivity contribution in [1.82, 2.24) is 4.90 Å². The number of nitro benzene ring substituents is 1. The number of anilines is 1. The molecule has 1 saturated heterocycles. The molecular weight excluding hydrogens is 268 g/mol. The first-order valence-electron chi connectivity index (χ1n) is 7.48. The fourth-order valence-electron chi connectivity index (χ4n) is 3.06. The predicted molar refractivity (Wildman–Crippen MR) is 83.7 cm³/mol. The molecule has 0 aliphatic carbocycles. The summed E-state index contributed by atoms with van der Waals surface area (Å²) in [6.07, 6.45) is 2.38. The average Bonchev–Trinajstić information content (AvgIpc) is 2.47. The van der Waals surface area contributed by atoms with E-state index in [2.05, 4.69) is 24.2 Å². The third-order valence-corrected chi connectivity index (χ3v) is 4.44. The van der Waals surface area contributed by atoms with Crippen molar-refractivity contribution >= 4 is 11.4 Å². The lowest BCUT2D eigenvalue weighted by Gasteiger charge is -2.34. The van der Waals surface area contributed by atoms with Crippen molar-refractivity contribution in [3.63, 3.8) is 0 Å². The number of nitrogen functional groups attached to an aromatic ring is 1. The Morgan fingerprint density at radius 3 is 2.62 bits per heavy atom. The minimum Gasteiger partial charge on any atom is -0.318 e. The van der Waals surface area contributed by atoms with Gasteiger partial charge in [-0.1, -0.05) is 26.0 Å². The molecule has 0 aromatic heterocycles. The molecule has 0 atom stereocenters. The maximum Gasteiger partial charge on any atom is 0.293 e. The van der Waals surface area contributed by atoms with Crippen LogP contribution >= 0.6 is 0 Å². The molecule has 1 heterocycles. The van der Waals surface area contributed by atoms with Crippen molar-refractivity contribution in [3.8, 4) is 0 Å². The molecule has 0 radical (unpaired) electrons. The van der Waals surface area contributed by atoms with E-state index in [0.717, 1.165) is 30.5 Å². The SMILES string of the molecule is CC(C)C1CCN(Cc2cccc([N+](=O)[O-])c2NN)CC1. The van der Waals surface area contributed by atoms with E-state index in [1.54, 1.807) is 6.07 Å². The standard InChI is InChI=1S/C15H24N4O2/c1-11(2)12-6-8-18(9-7-12)10-13-4-3-5-14(19(20)21)15(13)17-16/h3-5,11-12,17H,6-10,16H2,1-2H3. The minimum atomic E-state index is -0.399. The average molecular weight is 292 g/mol. The number of hydrazine groups is 1. The molecular formula is C15H24N4O2. The minimum absolute atomic E-state index is 0.0343. The molecule has 0 amide bonds. The molecule has 2 rings (SSSR count). The lowest BCUT2D eigenvalue weighted by Crippen LogP contribution is -2.35. The number of para-hydroxylation sites is 1. The van der Waals surface area contributed by atoms with Gasteiger partial charge >= 0.3 is 0 Å². The van der Waals surface area contributed by atoms with E-state index in [9.17, 15) is 10.1 Å². The lowest BCUT2D eigenvalue weighted by atomic mass is 9.86. The van der Waals surface area contributed by atoms with Crippen molar-refractivity contribution < 1.29 is 4.92 Å². The van der Waals surface area contributed by atoms with Crippen LogP contribution < -0.4 is 11.3 Å². The van der Waals surface area contributed by atoms with Crippen molar-refractivity contribution in [2.45, 2.75) is 33.2 Å². The molecule has 1 aromatic carbocycles. The Balaban J connectivity index is 2.07. The van der Waals surface area contributed by atoms with E-state index < -0.39 is 4.92 Å². The number of nitro groups is 1. The van der Waals surface area contributed by atoms with Crippen LogP contribution in [-0.4, -0.2) is 22.9 Å². The van der Waals surface area contributed by atoms with E-state index in [1.807, 2.05) is 6.07 Å². The first-order chi connectivity index (χ1) is 10.0. The molecule has 21 heavy (non-hydrogen) atoms. The van der Waals surface area contributed by atoms with E-state index in [0.29, 0.717) is 12.2 Å². The summed E-state index contributed by atoms with van der Waals surface area (Å²) >= 11 is 0. The Hall–Kier alpha value is -1.66. The highest BCUT2D eigenvalue weighted by molar-refractivity contribution is 5.65. The zero-order chi connectivity index (χ0) is 15.4. The van der Waals surface area contributed by atoms with Gasteiger partial charge in [-0.05, 0) is 43.3 Å². The smallest absolute Gasteiger partial charge is 0.293 e. The van der Waals surface area contributed by atoms with Crippen LogP contribution in [0.1, 0.15) is 32.3 Å². The van der Waals surface area contributed by atoms with Gasteiger partial charge in [-0.2, -0.15) is 0 Å². The lowest BCUT2D eigenvalue weighted by molar-refractivity contribution is -0.384. The number of hydrogen-bond donors (Lipinski definition) is 2. The van der Waals surface area contributed by atoms with Gasteiger partial charge in [0.25, 0.3) is 5.69 Å². The van der Waals surface area contributed by atoms with Crippen LogP contribution in [0.4, 0.5) is 11.4 Å². The molecule has 116 valence electrons. The van der Waals surface area contributed by atoms with Crippen LogP contribution in [0.15, 0.2) is 18.2 Å². The van der Waals surface area contributed by atoms with E-state index >= 15 is 0 Å². The Bertz CT molecular complexity index is 496. The number of likely N-dealkylation sites (tertiary alicyclic amines) is 1. The summed E-state index contributed by atoms with van der Waals surface area (Å²) in [5.41, 5.74) is 3.84. The molecule has 0 saturated carbocycles. The number of rotatable bonds is 5. The van der Waals surface area contributed by atoms with E-state index in [-0.39, 0.29) is 5.69 Å². The second kappa shape index (κ2) is 6.87. The number of hydrogen-bond acceptors (Lipinski definition) is 5. The van der Waals surface area contributed by atoms with Crippen LogP contribution in [0, 0.1) is 22.0 Å². The Kier molecular flexibility index (Phi) is 5.14. The maximum absolute atomic E-state index is 11.0. The van der Waals surface area contributed by atoms with Crippen LogP contribution in [0.25, 0.3) is 0 Å². The van der Waals surface area contributed by atoms with Gasteiger partial charge in [0.1, 0.15) is 5.69 Å². The van der Waals surface area contributed by atoms with E-state index in [1.165, 1.54) is 18.9 Å². The monoisotopic (exact) mass is 292 g/mol. The quantitative estimate of drug-likeness (QED) is 0.495. The molecule has 0 spiro atoms. The van der Waals surface area contributed by atoms with Gasteiger partial charge in [-0.15, -0.1) is 0 Å². The first kappa shape index (κ1) is 15.7. The second-order valence-electron chi connectivity index (χ2n) is 6.07. The Morgan fingerprint density at radius 2 is 2.10 bits per heavy atom. The van der Waals surface area contributed by atoms with Gasteiger partial charge in [0.05, 0.1) is 4.92 Å². The number of piperidine rings is 1. The summed E-state index contributed by atoms with van der Waals surface area (Å²) in [5.74, 6) is 7.00. The summed E-state index contributed by atoms with van der Waals surface area (Å²) < 4.78 is 0. The fraction of sp³-hybridized carbons (Fsp3) is 0.600. The molecule has 6 nitrogen and oxygen atoms in total. The van der Waals surface area contributed by atoms with Gasteiger partial charge in [0.2, 0.25) is 0 Å². The van der Waals surface area contributed by atoms with Crippen LogP contribution in [-0.2, 0) is 6.54 Å². The highest BCUT2D eigenvalue weighted by atomic mass is 16.6. The molecule has 1 fully saturated rings. The third kappa shape index (κ3) is 3.71. The number of nitrogens with one attached hydrogen (secondary N) is 1. The predicted octanol–water partition coefficient (Wildman–Crippen LogP) is 2.75. The number of nitrogens with zero attached hydrogens (tertiary/aromatic N) is 2. The number of nitrogens with two attached hydrogens (primary N) is 1. The molecule has 1 aromatic rings. The summed E-state index contributed by atoms with van der Waals surface area (Å²) in [5, 5.41) is 11.0. The Morgan fingerprint density at radius 1 is 1.43 bits per heavy atom. The fourth-order valence-corrected chi connectivity index (χ4v) is 3.06. The molecule has 6 heteroatoms. The van der Waals surface area contributed by atoms with Crippen LogP contribution in [0.2, 0.25) is 0 Å². The summed E-state index contributed by atoms with van der Waals surface area (Å²) in [6.45, 7) is 7.33. The van der Waals surface area contributed by atoms with Crippen LogP contribution in [0.5, 0.6) is 0 Å². The highest BCUT2D eigenvalue weighted by Gasteiger charge is 2.23. The van der Waals surface area contributed by atoms with Gasteiger partial charge in [-0.25, -0.2) is 0 Å². The van der Waals surface area contributed by atoms with Gasteiger partial charge in [0, 0.05) is 12.6 Å². The van der Waals surface area contributed by atoms with Gasteiger partial charge in [-0.3, -0.25) is 20.9 Å². The van der Waals surface area contributed by atoms with Crippen LogP contribution in [0.3, 0.4) is 0 Å². The third-order valence-electron chi connectivity index (χ3n) is 4.44. The topological polar surface area (TPSA) is 84.4 Å². The van der Waals surface area contributed by atoms with Crippen molar-refractivity contribution in [2.75, 3.05) is 18.5 Å². The van der Waals surface area contributed by atoms with E-state index in [4.69, 9.17) is 5.84 Å². The van der Waals surface area contributed by atoms with Crippen molar-refractivity contribution in [3.05, 3.63) is 33.9 Å². The Labute approximate surface area is 125 Å². The molecule has 0 unspecified atom stereocenters. The largest absolute Gasteiger partial charge is 0.318 e. The summed E-state index contributed by atoms with van der Waals surface area (Å²) in [6, 6.07) is 5.09. The zero-order valence-electron chi connectivity index (χ0n) is 12.7. The van der Waals surface area contributed by atoms with Gasteiger partial charge < -0.3 is 5.43 Å². The van der Waals surface area contributed by atoms with Crippen molar-refractivity contribution in [1.29, 1.82) is 0 Å². The number of benzene rings is 1. The van der Waals surface area contributed by atoms with Gasteiger partial charge in [0.15, 0.2) is 0 Å². The maximum atomic E-state index is 11.0. The molecule has 3 N–H and O–H groups in total. The molecule has 0 bridgehead atoms. The molecule has 1 aliphatic heterocycles. The first-order valence-corrected chi connectivity index (χ1v) is 7.48. The molecule has 1 aliphatic rings.